The van der Waals surface area contributed by atoms with E-state index in [9.17, 15) is 4.79 Å². The average molecular weight is 384 g/mol. The zero-order valence-electron chi connectivity index (χ0n) is 15.6. The van der Waals surface area contributed by atoms with Gasteiger partial charge in [0.05, 0.1) is 6.42 Å². The topological polar surface area (TPSA) is 59.2 Å². The Hall–Kier alpha value is -2.66. The predicted octanol–water partition coefficient (Wildman–Crippen LogP) is 4.76. The minimum absolute atomic E-state index is 0.00992. The molecule has 5 nitrogen and oxygen atoms in total. The third kappa shape index (κ3) is 4.95. The number of benzene rings is 2. The van der Waals surface area contributed by atoms with E-state index in [0.717, 1.165) is 11.1 Å². The van der Waals surface area contributed by atoms with Crippen LogP contribution in [0.2, 0.25) is 5.02 Å². The fraction of sp³-hybridized carbons (Fsp3) is 0.286. The molecule has 3 aromatic rings. The van der Waals surface area contributed by atoms with Gasteiger partial charge in [0.15, 0.2) is 0 Å². The van der Waals surface area contributed by atoms with Gasteiger partial charge in [0, 0.05) is 16.1 Å². The molecule has 0 atom stereocenters. The standard InChI is InChI=1S/C21H22ClN3O2/c1-21(2,3)25(19(26)13-15-9-11-17(22)12-10-15)14-18-23-20(24-27-18)16-7-5-4-6-8-16/h4-12H,13-14H2,1-3H3. The molecule has 1 amide bonds. The van der Waals surface area contributed by atoms with E-state index in [1.54, 1.807) is 17.0 Å². The molecule has 0 saturated heterocycles. The Morgan fingerprint density at radius 1 is 1.07 bits per heavy atom. The zero-order chi connectivity index (χ0) is 19.4. The normalized spacial score (nSPS) is 11.4. The van der Waals surface area contributed by atoms with Crippen molar-refractivity contribution in [2.75, 3.05) is 0 Å². The number of halogens is 1. The smallest absolute Gasteiger partial charge is 0.246 e. The summed E-state index contributed by atoms with van der Waals surface area (Å²) in [5, 5.41) is 4.69. The van der Waals surface area contributed by atoms with E-state index in [4.69, 9.17) is 16.1 Å². The summed E-state index contributed by atoms with van der Waals surface area (Å²) in [5.74, 6) is 0.919. The number of aromatic nitrogens is 2. The first-order valence-electron chi connectivity index (χ1n) is 8.76. The Kier molecular flexibility index (Phi) is 5.61. The molecule has 2 aromatic carbocycles. The van der Waals surface area contributed by atoms with Gasteiger partial charge in [0.25, 0.3) is 0 Å². The summed E-state index contributed by atoms with van der Waals surface area (Å²) < 4.78 is 5.39. The highest BCUT2D eigenvalue weighted by Gasteiger charge is 2.28. The Bertz CT molecular complexity index is 899. The number of rotatable bonds is 5. The van der Waals surface area contributed by atoms with E-state index in [1.807, 2.05) is 63.2 Å². The molecule has 0 spiro atoms. The number of carbonyl (C=O) groups is 1. The second-order valence-electron chi connectivity index (χ2n) is 7.33. The summed E-state index contributed by atoms with van der Waals surface area (Å²) in [6, 6.07) is 16.9. The van der Waals surface area contributed by atoms with Crippen molar-refractivity contribution in [3.8, 4) is 11.4 Å². The minimum atomic E-state index is -0.384. The van der Waals surface area contributed by atoms with Crippen LogP contribution in [0.4, 0.5) is 0 Å². The van der Waals surface area contributed by atoms with E-state index in [-0.39, 0.29) is 24.4 Å². The summed E-state index contributed by atoms with van der Waals surface area (Å²) in [5.41, 5.74) is 1.40. The van der Waals surface area contributed by atoms with Gasteiger partial charge in [0.1, 0.15) is 6.54 Å². The second-order valence-corrected chi connectivity index (χ2v) is 7.77. The van der Waals surface area contributed by atoms with Gasteiger partial charge >= 0.3 is 0 Å². The van der Waals surface area contributed by atoms with Gasteiger partial charge in [-0.3, -0.25) is 4.79 Å². The SMILES string of the molecule is CC(C)(C)N(Cc1nc(-c2ccccc2)no1)C(=O)Cc1ccc(Cl)cc1. The highest BCUT2D eigenvalue weighted by molar-refractivity contribution is 6.30. The Morgan fingerprint density at radius 3 is 2.37 bits per heavy atom. The molecule has 0 aliphatic carbocycles. The van der Waals surface area contributed by atoms with Crippen LogP contribution in [0.25, 0.3) is 11.4 Å². The van der Waals surface area contributed by atoms with Crippen LogP contribution in [0.1, 0.15) is 32.2 Å². The van der Waals surface area contributed by atoms with Gasteiger partial charge in [0.2, 0.25) is 17.6 Å². The predicted molar refractivity (Wildman–Crippen MR) is 105 cm³/mol. The lowest BCUT2D eigenvalue weighted by Gasteiger charge is -2.34. The molecule has 0 N–H and O–H groups in total. The van der Waals surface area contributed by atoms with Crippen LogP contribution >= 0.6 is 11.6 Å². The minimum Gasteiger partial charge on any atom is -0.337 e. The fourth-order valence-electron chi connectivity index (χ4n) is 2.73. The largest absolute Gasteiger partial charge is 0.337 e. The molecular formula is C21H22ClN3O2. The molecule has 0 aliphatic heterocycles. The van der Waals surface area contributed by atoms with Crippen molar-refractivity contribution in [3.05, 3.63) is 71.1 Å². The van der Waals surface area contributed by atoms with Crippen molar-refractivity contribution < 1.29 is 9.32 Å². The van der Waals surface area contributed by atoms with Gasteiger partial charge in [-0.25, -0.2) is 0 Å². The highest BCUT2D eigenvalue weighted by atomic mass is 35.5. The third-order valence-corrected chi connectivity index (χ3v) is 4.42. The maximum Gasteiger partial charge on any atom is 0.246 e. The summed E-state index contributed by atoms with van der Waals surface area (Å²) >= 11 is 5.92. The third-order valence-electron chi connectivity index (χ3n) is 4.17. The monoisotopic (exact) mass is 383 g/mol. The molecule has 3 rings (SSSR count). The Morgan fingerprint density at radius 2 is 1.74 bits per heavy atom. The number of nitrogens with zero attached hydrogens (tertiary/aromatic N) is 3. The van der Waals surface area contributed by atoms with Crippen molar-refractivity contribution in [3.63, 3.8) is 0 Å². The lowest BCUT2D eigenvalue weighted by Crippen LogP contribution is -2.45. The number of hydrogen-bond acceptors (Lipinski definition) is 4. The van der Waals surface area contributed by atoms with Crippen LogP contribution in [0.15, 0.2) is 59.1 Å². The maximum absolute atomic E-state index is 12.9. The molecule has 0 aliphatic rings. The lowest BCUT2D eigenvalue weighted by molar-refractivity contribution is -0.136. The zero-order valence-corrected chi connectivity index (χ0v) is 16.4. The van der Waals surface area contributed by atoms with Gasteiger partial charge in [-0.05, 0) is 38.5 Å². The van der Waals surface area contributed by atoms with Gasteiger partial charge in [-0.15, -0.1) is 0 Å². The highest BCUT2D eigenvalue weighted by Crippen LogP contribution is 2.21. The quantitative estimate of drug-likeness (QED) is 0.637. The van der Waals surface area contributed by atoms with E-state index in [1.165, 1.54) is 0 Å². The van der Waals surface area contributed by atoms with Gasteiger partial charge < -0.3 is 9.42 Å². The lowest BCUT2D eigenvalue weighted by atomic mass is 10.0. The summed E-state index contributed by atoms with van der Waals surface area (Å²) in [7, 11) is 0. The van der Waals surface area contributed by atoms with Crippen molar-refractivity contribution in [1.82, 2.24) is 15.0 Å². The number of hydrogen-bond donors (Lipinski definition) is 0. The molecule has 0 unspecified atom stereocenters. The Labute approximate surface area is 164 Å². The molecule has 0 radical (unpaired) electrons. The molecule has 6 heteroatoms. The van der Waals surface area contributed by atoms with Crippen LogP contribution < -0.4 is 0 Å². The van der Waals surface area contributed by atoms with Gasteiger partial charge in [-0.1, -0.05) is 59.2 Å². The van der Waals surface area contributed by atoms with E-state index in [0.29, 0.717) is 16.7 Å². The van der Waals surface area contributed by atoms with Crippen molar-refractivity contribution >= 4 is 17.5 Å². The maximum atomic E-state index is 12.9. The molecule has 1 heterocycles. The Balaban J connectivity index is 1.76. The van der Waals surface area contributed by atoms with Crippen LogP contribution in [-0.2, 0) is 17.8 Å². The van der Waals surface area contributed by atoms with Crippen LogP contribution in [-0.4, -0.2) is 26.5 Å². The first-order valence-corrected chi connectivity index (χ1v) is 9.13. The second kappa shape index (κ2) is 7.92. The summed E-state index contributed by atoms with van der Waals surface area (Å²) in [4.78, 5) is 19.1. The van der Waals surface area contributed by atoms with Crippen molar-refractivity contribution in [1.29, 1.82) is 0 Å². The van der Waals surface area contributed by atoms with E-state index in [2.05, 4.69) is 10.1 Å². The molecular weight excluding hydrogens is 362 g/mol. The van der Waals surface area contributed by atoms with Crippen LogP contribution in [0.5, 0.6) is 0 Å². The number of amides is 1. The first-order chi connectivity index (χ1) is 12.8. The first kappa shape index (κ1) is 19.1. The van der Waals surface area contributed by atoms with Crippen molar-refractivity contribution in [2.45, 2.75) is 39.3 Å². The fourth-order valence-corrected chi connectivity index (χ4v) is 2.86. The van der Waals surface area contributed by atoms with Crippen molar-refractivity contribution in [2.24, 2.45) is 0 Å². The average Bonchev–Trinajstić information content (AvgIpc) is 3.10. The van der Waals surface area contributed by atoms with Crippen LogP contribution in [0.3, 0.4) is 0 Å². The molecule has 0 saturated carbocycles. The van der Waals surface area contributed by atoms with E-state index >= 15 is 0 Å². The number of carbonyl (C=O) groups excluding carboxylic acids is 1. The molecule has 1 aromatic heterocycles. The molecule has 0 bridgehead atoms. The molecule has 0 fully saturated rings. The van der Waals surface area contributed by atoms with Gasteiger partial charge in [-0.2, -0.15) is 4.98 Å². The summed E-state index contributed by atoms with van der Waals surface area (Å²) in [6.07, 6.45) is 0.286. The van der Waals surface area contributed by atoms with Crippen LogP contribution in [0, 0.1) is 0 Å². The molecule has 27 heavy (non-hydrogen) atoms. The summed E-state index contributed by atoms with van der Waals surface area (Å²) in [6.45, 7) is 6.22. The van der Waals surface area contributed by atoms with E-state index < -0.39 is 0 Å². The molecule has 140 valence electrons.